The van der Waals surface area contributed by atoms with E-state index in [9.17, 15) is 0 Å². The highest BCUT2D eigenvalue weighted by molar-refractivity contribution is 8.00. The Hall–Kier alpha value is 0.290. The van der Waals surface area contributed by atoms with E-state index in [0.29, 0.717) is 17.2 Å². The highest BCUT2D eigenvalue weighted by Crippen LogP contribution is 2.50. The molecule has 0 spiro atoms. The molecule has 2 aromatic rings. The van der Waals surface area contributed by atoms with Crippen LogP contribution in [0.5, 0.6) is 0 Å². The van der Waals surface area contributed by atoms with Crippen LogP contribution in [0.15, 0.2) is 58.3 Å². The fraction of sp³-hybridized carbons (Fsp3) is 0.400. The molecule has 0 N–H and O–H groups in total. The highest BCUT2D eigenvalue weighted by Gasteiger charge is 2.24. The molecule has 136 valence electrons. The molecule has 0 radical (unpaired) electrons. The molecule has 2 atom stereocenters. The molecule has 0 nitrogen and oxygen atoms in total. The second-order valence-corrected chi connectivity index (χ2v) is 13.7. The lowest BCUT2D eigenvalue weighted by molar-refractivity contribution is 1.10. The van der Waals surface area contributed by atoms with E-state index in [4.69, 9.17) is 11.6 Å². The smallest absolute Gasteiger partial charge is 0.0829 e. The maximum Gasteiger partial charge on any atom is 0.0829 e. The summed E-state index contributed by atoms with van der Waals surface area (Å²) >= 11 is 10.9. The molecule has 0 amide bonds. The molecule has 0 saturated heterocycles. The fourth-order valence-corrected chi connectivity index (χ4v) is 8.19. The van der Waals surface area contributed by atoms with E-state index in [1.807, 2.05) is 23.5 Å². The number of rotatable bonds is 10. The van der Waals surface area contributed by atoms with Crippen molar-refractivity contribution in [3.8, 4) is 0 Å². The van der Waals surface area contributed by atoms with Crippen LogP contribution in [0.2, 0.25) is 0 Å². The third kappa shape index (κ3) is 7.43. The Kier molecular flexibility index (Phi) is 9.68. The van der Waals surface area contributed by atoms with Gasteiger partial charge in [0.15, 0.2) is 0 Å². The molecule has 2 rings (SSSR count). The first-order valence-electron chi connectivity index (χ1n) is 8.74. The number of alkyl halides is 1. The second-order valence-electron chi connectivity index (χ2n) is 5.94. The first-order valence-corrected chi connectivity index (χ1v) is 13.1. The summed E-state index contributed by atoms with van der Waals surface area (Å²) in [5.74, 6) is 2.33. The lowest BCUT2D eigenvalue weighted by atomic mass is 10.4. The monoisotopic (exact) mass is 428 g/mol. The van der Waals surface area contributed by atoms with E-state index in [1.165, 1.54) is 44.7 Å². The molecule has 0 fully saturated rings. The number of thioether (sulfide) groups is 2. The van der Waals surface area contributed by atoms with E-state index in [0.717, 1.165) is 0 Å². The topological polar surface area (TPSA) is 0 Å². The Morgan fingerprint density at radius 3 is 1.60 bits per heavy atom. The molecule has 0 aliphatic rings. The third-order valence-corrected chi connectivity index (χ3v) is 10.0. The van der Waals surface area contributed by atoms with Crippen LogP contribution in [0.4, 0.5) is 0 Å². The summed E-state index contributed by atoms with van der Waals surface area (Å²) in [5.41, 5.74) is 0. The van der Waals surface area contributed by atoms with Crippen molar-refractivity contribution in [2.45, 2.75) is 47.8 Å². The molecule has 25 heavy (non-hydrogen) atoms. The van der Waals surface area contributed by atoms with Crippen molar-refractivity contribution in [3.63, 3.8) is 0 Å². The van der Waals surface area contributed by atoms with Gasteiger partial charge in [-0.3, -0.25) is 0 Å². The molecule has 5 heteroatoms. The zero-order chi connectivity index (χ0) is 18.1. The standard InChI is InChI=1S/C20H27ClP2S2/c1-4-14-24-18-12-8-6-10-16(18)22-20(3,21)23-17-11-7-9-13-19(17)25-15-5-2/h6-13,22-23H,4-5,14-15H2,1-3H3. The van der Waals surface area contributed by atoms with E-state index in [1.54, 1.807) is 0 Å². The minimum atomic E-state index is -0.217. The van der Waals surface area contributed by atoms with Crippen LogP contribution in [-0.2, 0) is 0 Å². The largest absolute Gasteiger partial charge is 0.126 e. The number of hydrogen-bond acceptors (Lipinski definition) is 2. The minimum Gasteiger partial charge on any atom is -0.126 e. The van der Waals surface area contributed by atoms with Gasteiger partial charge in [-0.15, -0.1) is 35.1 Å². The molecule has 0 aliphatic carbocycles. The summed E-state index contributed by atoms with van der Waals surface area (Å²) in [6.45, 7) is 6.67. The van der Waals surface area contributed by atoms with Crippen LogP contribution in [-0.4, -0.2) is 15.9 Å². The normalized spacial score (nSPS) is 14.6. The fourth-order valence-electron chi connectivity index (χ4n) is 2.35. The van der Waals surface area contributed by atoms with Crippen LogP contribution in [0.3, 0.4) is 0 Å². The number of halogens is 1. The first-order chi connectivity index (χ1) is 12.1. The molecule has 0 saturated carbocycles. The van der Waals surface area contributed by atoms with E-state index in [2.05, 4.69) is 69.3 Å². The zero-order valence-corrected chi connectivity index (χ0v) is 19.5. The van der Waals surface area contributed by atoms with Crippen molar-refractivity contribution in [1.82, 2.24) is 0 Å². The van der Waals surface area contributed by atoms with Crippen LogP contribution in [0.1, 0.15) is 33.6 Å². The maximum absolute atomic E-state index is 7.02. The van der Waals surface area contributed by atoms with Gasteiger partial charge in [0.2, 0.25) is 0 Å². The van der Waals surface area contributed by atoms with Gasteiger partial charge in [0.25, 0.3) is 0 Å². The van der Waals surface area contributed by atoms with Crippen molar-refractivity contribution in [2.24, 2.45) is 0 Å². The molecular formula is C20H27ClP2S2. The van der Waals surface area contributed by atoms with Gasteiger partial charge in [0.1, 0.15) is 0 Å². The number of benzene rings is 2. The van der Waals surface area contributed by atoms with Crippen LogP contribution >= 0.6 is 52.3 Å². The Morgan fingerprint density at radius 1 is 0.800 bits per heavy atom. The first kappa shape index (κ1) is 21.6. The van der Waals surface area contributed by atoms with Gasteiger partial charge < -0.3 is 0 Å². The van der Waals surface area contributed by atoms with Gasteiger partial charge in [-0.05, 0) is 54.0 Å². The van der Waals surface area contributed by atoms with Gasteiger partial charge in [-0.1, -0.05) is 67.4 Å². The zero-order valence-electron chi connectivity index (χ0n) is 15.1. The second kappa shape index (κ2) is 11.2. The third-order valence-electron chi connectivity index (χ3n) is 3.44. The summed E-state index contributed by atoms with van der Waals surface area (Å²) in [6.07, 6.45) is 2.40. The summed E-state index contributed by atoms with van der Waals surface area (Å²) in [7, 11) is 1.23. The van der Waals surface area contributed by atoms with Crippen molar-refractivity contribution in [1.29, 1.82) is 0 Å². The van der Waals surface area contributed by atoms with Crippen molar-refractivity contribution < 1.29 is 0 Å². The summed E-state index contributed by atoms with van der Waals surface area (Å²) in [6, 6.07) is 17.5. The summed E-state index contributed by atoms with van der Waals surface area (Å²) < 4.78 is -0.217. The van der Waals surface area contributed by atoms with Crippen molar-refractivity contribution in [3.05, 3.63) is 48.5 Å². The van der Waals surface area contributed by atoms with E-state index in [-0.39, 0.29) is 4.36 Å². The summed E-state index contributed by atoms with van der Waals surface area (Å²) in [4.78, 5) is 2.79. The average Bonchev–Trinajstić information content (AvgIpc) is 2.59. The molecule has 0 heterocycles. The summed E-state index contributed by atoms with van der Waals surface area (Å²) in [5, 5.41) is 2.81. The van der Waals surface area contributed by atoms with Crippen molar-refractivity contribution >= 4 is 62.9 Å². The van der Waals surface area contributed by atoms with Crippen LogP contribution in [0, 0.1) is 0 Å². The predicted octanol–water partition coefficient (Wildman–Crippen LogP) is 6.91. The highest BCUT2D eigenvalue weighted by atomic mass is 35.5. The Bertz CT molecular complexity index is 606. The Morgan fingerprint density at radius 2 is 1.20 bits per heavy atom. The lowest BCUT2D eigenvalue weighted by Gasteiger charge is -2.25. The predicted molar refractivity (Wildman–Crippen MR) is 125 cm³/mol. The molecule has 0 aromatic heterocycles. The maximum atomic E-state index is 7.02. The van der Waals surface area contributed by atoms with Gasteiger partial charge in [-0.2, -0.15) is 0 Å². The minimum absolute atomic E-state index is 0.217. The molecule has 0 bridgehead atoms. The van der Waals surface area contributed by atoms with Gasteiger partial charge in [0.05, 0.1) is 4.36 Å². The van der Waals surface area contributed by atoms with Gasteiger partial charge in [-0.25, -0.2) is 0 Å². The molecule has 2 unspecified atom stereocenters. The molecule has 2 aromatic carbocycles. The van der Waals surface area contributed by atoms with Crippen LogP contribution < -0.4 is 10.6 Å². The average molecular weight is 429 g/mol. The quantitative estimate of drug-likeness (QED) is 0.229. The number of hydrogen-bond donors (Lipinski definition) is 0. The van der Waals surface area contributed by atoms with Crippen molar-refractivity contribution in [2.75, 3.05) is 11.5 Å². The Labute approximate surface area is 170 Å². The van der Waals surface area contributed by atoms with Gasteiger partial charge in [0, 0.05) is 9.79 Å². The van der Waals surface area contributed by atoms with Crippen LogP contribution in [0.25, 0.3) is 0 Å². The lowest BCUT2D eigenvalue weighted by Crippen LogP contribution is -2.14. The molecular weight excluding hydrogens is 402 g/mol. The molecule has 0 aliphatic heterocycles. The van der Waals surface area contributed by atoms with Gasteiger partial charge >= 0.3 is 0 Å². The van der Waals surface area contributed by atoms with E-state index < -0.39 is 0 Å². The Balaban J connectivity index is 2.12. The SMILES string of the molecule is CCCSc1ccccc1PC(C)(Cl)Pc1ccccc1SCCC. The van der Waals surface area contributed by atoms with E-state index >= 15 is 0 Å².